The fourth-order valence-corrected chi connectivity index (χ4v) is 4.65. The number of aromatic nitrogens is 1. The van der Waals surface area contributed by atoms with Crippen molar-refractivity contribution in [3.8, 4) is 11.5 Å². The molecule has 0 fully saturated rings. The highest BCUT2D eigenvalue weighted by atomic mass is 32.2. The van der Waals surface area contributed by atoms with Gasteiger partial charge >= 0.3 is 0 Å². The minimum Gasteiger partial charge on any atom is -0.486 e. The van der Waals surface area contributed by atoms with E-state index in [1.54, 1.807) is 24.3 Å². The van der Waals surface area contributed by atoms with E-state index in [0.29, 0.717) is 36.8 Å². The van der Waals surface area contributed by atoms with Crippen LogP contribution in [0.5, 0.6) is 11.5 Å². The molecule has 0 saturated carbocycles. The summed E-state index contributed by atoms with van der Waals surface area (Å²) in [6.07, 6.45) is 0. The van der Waals surface area contributed by atoms with Crippen molar-refractivity contribution in [3.63, 3.8) is 0 Å². The Labute approximate surface area is 177 Å². The SMILES string of the molecule is Cc1csc(CNC(=O)c2cccc(NS(=O)(=O)c3ccc4c(c3)OCCO4)c2)n1. The van der Waals surface area contributed by atoms with Gasteiger partial charge in [0.2, 0.25) is 0 Å². The largest absolute Gasteiger partial charge is 0.486 e. The molecule has 0 radical (unpaired) electrons. The molecule has 2 aromatic carbocycles. The fraction of sp³-hybridized carbons (Fsp3) is 0.200. The van der Waals surface area contributed by atoms with E-state index in [2.05, 4.69) is 15.0 Å². The first kappa shape index (κ1) is 20.2. The number of fused-ring (bicyclic) bond motifs is 1. The van der Waals surface area contributed by atoms with Gasteiger partial charge in [-0.1, -0.05) is 6.07 Å². The van der Waals surface area contributed by atoms with Crippen molar-refractivity contribution in [2.45, 2.75) is 18.4 Å². The third-order valence-electron chi connectivity index (χ3n) is 4.27. The highest BCUT2D eigenvalue weighted by Crippen LogP contribution is 2.32. The molecular weight excluding hydrogens is 426 g/mol. The molecule has 2 heterocycles. The van der Waals surface area contributed by atoms with E-state index in [0.717, 1.165) is 10.7 Å². The van der Waals surface area contributed by atoms with E-state index >= 15 is 0 Å². The van der Waals surface area contributed by atoms with Gasteiger partial charge in [0, 0.05) is 28.4 Å². The quantitative estimate of drug-likeness (QED) is 0.604. The number of nitrogens with one attached hydrogen (secondary N) is 2. The van der Waals surface area contributed by atoms with Crippen LogP contribution in [0.3, 0.4) is 0 Å². The van der Waals surface area contributed by atoms with Crippen molar-refractivity contribution in [3.05, 3.63) is 64.1 Å². The van der Waals surface area contributed by atoms with E-state index < -0.39 is 10.0 Å². The maximum absolute atomic E-state index is 12.8. The lowest BCUT2D eigenvalue weighted by Gasteiger charge is -2.19. The van der Waals surface area contributed by atoms with Gasteiger partial charge < -0.3 is 14.8 Å². The standard InChI is InChI=1S/C20H19N3O5S2/c1-13-12-29-19(22-13)11-21-20(24)14-3-2-4-15(9-14)23-30(25,26)16-5-6-17-18(10-16)28-8-7-27-17/h2-6,9-10,12,23H,7-8,11H2,1H3,(H,21,24). The molecule has 1 aromatic heterocycles. The number of rotatable bonds is 6. The van der Waals surface area contributed by atoms with Gasteiger partial charge in [0.15, 0.2) is 11.5 Å². The molecule has 0 spiro atoms. The van der Waals surface area contributed by atoms with Crippen LogP contribution in [0, 0.1) is 6.92 Å². The van der Waals surface area contributed by atoms with Gasteiger partial charge in [-0.3, -0.25) is 9.52 Å². The minimum absolute atomic E-state index is 0.0424. The van der Waals surface area contributed by atoms with Gasteiger partial charge in [-0.2, -0.15) is 0 Å². The number of aryl methyl sites for hydroxylation is 1. The summed E-state index contributed by atoms with van der Waals surface area (Å²) >= 11 is 1.47. The zero-order valence-electron chi connectivity index (χ0n) is 16.0. The molecule has 10 heteroatoms. The molecule has 1 amide bonds. The van der Waals surface area contributed by atoms with Crippen molar-refractivity contribution in [2.75, 3.05) is 17.9 Å². The summed E-state index contributed by atoms with van der Waals surface area (Å²) in [5.41, 5.74) is 1.52. The summed E-state index contributed by atoms with van der Waals surface area (Å²) < 4.78 is 38.9. The average molecular weight is 446 g/mol. The summed E-state index contributed by atoms with van der Waals surface area (Å²) in [5.74, 6) is 0.576. The first-order valence-electron chi connectivity index (χ1n) is 9.12. The first-order valence-corrected chi connectivity index (χ1v) is 11.5. The lowest BCUT2D eigenvalue weighted by atomic mass is 10.2. The molecule has 0 bridgehead atoms. The number of amides is 1. The van der Waals surface area contributed by atoms with E-state index in [4.69, 9.17) is 9.47 Å². The maximum Gasteiger partial charge on any atom is 0.262 e. The number of hydrogen-bond acceptors (Lipinski definition) is 7. The molecular formula is C20H19N3O5S2. The predicted octanol–water partition coefficient (Wildman–Crippen LogP) is 2.95. The summed E-state index contributed by atoms with van der Waals surface area (Å²) in [6, 6.07) is 10.7. The third kappa shape index (κ3) is 4.55. The summed E-state index contributed by atoms with van der Waals surface area (Å²) in [7, 11) is -3.87. The first-order chi connectivity index (χ1) is 14.4. The molecule has 1 aliphatic heterocycles. The second-order valence-electron chi connectivity index (χ2n) is 6.56. The van der Waals surface area contributed by atoms with Crippen LogP contribution in [-0.4, -0.2) is 32.5 Å². The lowest BCUT2D eigenvalue weighted by Crippen LogP contribution is -2.23. The van der Waals surface area contributed by atoms with E-state index in [1.165, 1.54) is 29.5 Å². The van der Waals surface area contributed by atoms with Crippen molar-refractivity contribution in [1.29, 1.82) is 0 Å². The number of benzene rings is 2. The Kier molecular flexibility index (Phi) is 5.60. The minimum atomic E-state index is -3.87. The van der Waals surface area contributed by atoms with Gasteiger partial charge in [0.1, 0.15) is 18.2 Å². The molecule has 3 aromatic rings. The molecule has 0 aliphatic carbocycles. The number of sulfonamides is 1. The molecule has 0 unspecified atom stereocenters. The van der Waals surface area contributed by atoms with E-state index in [1.807, 2.05) is 12.3 Å². The Morgan fingerprint density at radius 1 is 1.13 bits per heavy atom. The summed E-state index contributed by atoms with van der Waals surface area (Å²) in [6.45, 7) is 2.99. The number of thiazole rings is 1. The number of hydrogen-bond donors (Lipinski definition) is 2. The van der Waals surface area contributed by atoms with Gasteiger partial charge in [-0.15, -0.1) is 11.3 Å². The molecule has 30 heavy (non-hydrogen) atoms. The molecule has 156 valence electrons. The molecule has 0 atom stereocenters. The zero-order valence-corrected chi connectivity index (χ0v) is 17.7. The summed E-state index contributed by atoms with van der Waals surface area (Å²) in [4.78, 5) is 16.8. The van der Waals surface area contributed by atoms with Crippen LogP contribution in [0.25, 0.3) is 0 Å². The monoisotopic (exact) mass is 445 g/mol. The van der Waals surface area contributed by atoms with Crippen molar-refractivity contribution in [2.24, 2.45) is 0 Å². The molecule has 2 N–H and O–H groups in total. The smallest absolute Gasteiger partial charge is 0.262 e. The Morgan fingerprint density at radius 3 is 2.70 bits per heavy atom. The number of nitrogens with zero attached hydrogens (tertiary/aromatic N) is 1. The topological polar surface area (TPSA) is 107 Å². The highest BCUT2D eigenvalue weighted by molar-refractivity contribution is 7.92. The molecule has 4 rings (SSSR count). The Morgan fingerprint density at radius 2 is 1.93 bits per heavy atom. The zero-order chi connectivity index (χ0) is 21.1. The second-order valence-corrected chi connectivity index (χ2v) is 9.18. The molecule has 0 saturated heterocycles. The maximum atomic E-state index is 12.8. The van der Waals surface area contributed by atoms with Crippen LogP contribution in [0.1, 0.15) is 21.1 Å². The lowest BCUT2D eigenvalue weighted by molar-refractivity contribution is 0.0951. The van der Waals surface area contributed by atoms with Gasteiger partial charge in [-0.05, 0) is 37.3 Å². The van der Waals surface area contributed by atoms with Crippen LogP contribution >= 0.6 is 11.3 Å². The van der Waals surface area contributed by atoms with Crippen molar-refractivity contribution in [1.82, 2.24) is 10.3 Å². The van der Waals surface area contributed by atoms with Gasteiger partial charge in [-0.25, -0.2) is 13.4 Å². The van der Waals surface area contributed by atoms with Gasteiger partial charge in [0.25, 0.3) is 15.9 Å². The normalized spacial score (nSPS) is 13.0. The van der Waals surface area contributed by atoms with Crippen LogP contribution in [-0.2, 0) is 16.6 Å². The number of anilines is 1. The Balaban J connectivity index is 1.47. The van der Waals surface area contributed by atoms with E-state index in [-0.39, 0.29) is 16.5 Å². The van der Waals surface area contributed by atoms with Crippen LogP contribution in [0.4, 0.5) is 5.69 Å². The average Bonchev–Trinajstić information content (AvgIpc) is 3.16. The molecule has 1 aliphatic rings. The van der Waals surface area contributed by atoms with Crippen LogP contribution in [0.15, 0.2) is 52.7 Å². The molecule has 8 nitrogen and oxygen atoms in total. The van der Waals surface area contributed by atoms with E-state index in [9.17, 15) is 13.2 Å². The highest BCUT2D eigenvalue weighted by Gasteiger charge is 2.20. The Hall–Kier alpha value is -3.11. The van der Waals surface area contributed by atoms with Crippen LogP contribution < -0.4 is 19.5 Å². The predicted molar refractivity (Wildman–Crippen MR) is 113 cm³/mol. The third-order valence-corrected chi connectivity index (χ3v) is 6.61. The van der Waals surface area contributed by atoms with Gasteiger partial charge in [0.05, 0.1) is 11.4 Å². The van der Waals surface area contributed by atoms with Crippen molar-refractivity contribution >= 4 is 33.0 Å². The summed E-state index contributed by atoms with van der Waals surface area (Å²) in [5, 5.41) is 5.50. The fourth-order valence-electron chi connectivity index (χ4n) is 2.87. The van der Waals surface area contributed by atoms with Crippen LogP contribution in [0.2, 0.25) is 0 Å². The Bertz CT molecular complexity index is 1190. The number of carbonyl (C=O) groups excluding carboxylic acids is 1. The number of ether oxygens (including phenoxy) is 2. The van der Waals surface area contributed by atoms with Crippen molar-refractivity contribution < 1.29 is 22.7 Å². The second kappa shape index (κ2) is 8.33. The number of carbonyl (C=O) groups is 1.